The number of carboxylic acids is 1. The van der Waals surface area contributed by atoms with E-state index in [-0.39, 0.29) is 29.1 Å². The van der Waals surface area contributed by atoms with Crippen LogP contribution in [0.15, 0.2) is 54.7 Å². The Morgan fingerprint density at radius 2 is 1.89 bits per heavy atom. The van der Waals surface area contributed by atoms with E-state index in [0.29, 0.717) is 22.7 Å². The van der Waals surface area contributed by atoms with Gasteiger partial charge in [0.2, 0.25) is 17.7 Å². The number of pyridine rings is 1. The van der Waals surface area contributed by atoms with Crippen molar-refractivity contribution >= 4 is 40.9 Å². The molecule has 0 spiro atoms. The molecular weight excluding hydrogens is 481 g/mol. The number of hydrogen-bond acceptors (Lipinski definition) is 6. The summed E-state index contributed by atoms with van der Waals surface area (Å²) < 4.78 is 18.4. The normalized spacial score (nSPS) is 12.4. The van der Waals surface area contributed by atoms with Crippen molar-refractivity contribution in [2.75, 3.05) is 12.0 Å². The van der Waals surface area contributed by atoms with Gasteiger partial charge >= 0.3 is 5.97 Å². The van der Waals surface area contributed by atoms with Gasteiger partial charge in [0, 0.05) is 23.4 Å². The molecule has 0 saturated heterocycles. The van der Waals surface area contributed by atoms with E-state index in [1.54, 1.807) is 6.07 Å². The number of hydrogen-bond donors (Lipinski definition) is 2. The zero-order valence-electron chi connectivity index (χ0n) is 18.3. The molecule has 0 bridgehead atoms. The molecule has 1 aliphatic heterocycles. The van der Waals surface area contributed by atoms with Crippen molar-refractivity contribution in [2.24, 2.45) is 5.73 Å². The lowest BCUT2D eigenvalue weighted by Crippen LogP contribution is -2.37. The van der Waals surface area contributed by atoms with Crippen molar-refractivity contribution in [1.82, 2.24) is 4.98 Å². The molecule has 9 nitrogen and oxygen atoms in total. The molecular formula is C24H19ClFN3O6. The Labute approximate surface area is 203 Å². The largest absolute Gasteiger partial charge is 0.481 e. The number of benzene rings is 2. The predicted molar refractivity (Wildman–Crippen MR) is 124 cm³/mol. The number of carboxylic acid groups (broad SMARTS) is 1. The fourth-order valence-corrected chi connectivity index (χ4v) is 3.38. The maximum Gasteiger partial charge on any atom is 0.335 e. The van der Waals surface area contributed by atoms with Gasteiger partial charge in [-0.05, 0) is 42.0 Å². The number of anilines is 1. The molecule has 3 aromatic rings. The van der Waals surface area contributed by atoms with Gasteiger partial charge in [-0.25, -0.2) is 14.2 Å². The number of aromatic nitrogens is 1. The summed E-state index contributed by atoms with van der Waals surface area (Å²) in [5.41, 5.74) is 6.38. The van der Waals surface area contributed by atoms with Gasteiger partial charge in [0.1, 0.15) is 5.82 Å². The molecule has 3 N–H and O–H groups in total. The van der Waals surface area contributed by atoms with E-state index in [1.807, 2.05) is 0 Å². The zero-order chi connectivity index (χ0) is 25.7. The van der Waals surface area contributed by atoms with E-state index in [0.717, 1.165) is 0 Å². The summed E-state index contributed by atoms with van der Waals surface area (Å²) in [6, 6.07) is 11.2. The van der Waals surface area contributed by atoms with E-state index in [2.05, 4.69) is 4.98 Å². The maximum absolute atomic E-state index is 13.6. The lowest BCUT2D eigenvalue weighted by atomic mass is 9.97. The molecule has 0 fully saturated rings. The highest BCUT2D eigenvalue weighted by molar-refractivity contribution is 6.30. The molecule has 2 amide bonds. The number of carbonyl (C=O) groups is 4. The number of carbonyl (C=O) groups excluding carboxylic acids is 3. The van der Waals surface area contributed by atoms with Crippen LogP contribution in [-0.2, 0) is 11.3 Å². The van der Waals surface area contributed by atoms with Gasteiger partial charge < -0.3 is 20.5 Å². The molecule has 0 atom stereocenters. The molecule has 2 heterocycles. The molecule has 11 heteroatoms. The van der Waals surface area contributed by atoms with Gasteiger partial charge in [-0.1, -0.05) is 17.7 Å². The molecule has 2 aromatic carbocycles. The van der Waals surface area contributed by atoms with Gasteiger partial charge in [0.25, 0.3) is 0 Å². The number of nitrogens with zero attached hydrogens (tertiary/aromatic N) is 2. The Kier molecular flexibility index (Phi) is 7.77. The Bertz CT molecular complexity index is 1330. The van der Waals surface area contributed by atoms with Gasteiger partial charge in [-0.15, -0.1) is 0 Å². The summed E-state index contributed by atoms with van der Waals surface area (Å²) in [6.07, 6.45) is 1.12. The van der Waals surface area contributed by atoms with Crippen molar-refractivity contribution in [3.05, 3.63) is 87.8 Å². The summed E-state index contributed by atoms with van der Waals surface area (Å²) in [5.74, 6) is -2.71. The van der Waals surface area contributed by atoms with Crippen LogP contribution in [0.1, 0.15) is 43.1 Å². The first-order valence-electron chi connectivity index (χ1n) is 10.1. The molecule has 35 heavy (non-hydrogen) atoms. The van der Waals surface area contributed by atoms with E-state index in [9.17, 15) is 23.6 Å². The number of fused-ring (bicyclic) bond motifs is 1. The second kappa shape index (κ2) is 10.7. The molecule has 180 valence electrons. The van der Waals surface area contributed by atoms with E-state index in [4.69, 9.17) is 27.2 Å². The monoisotopic (exact) mass is 499 g/mol. The number of ketones is 1. The van der Waals surface area contributed by atoms with Crippen LogP contribution in [0.4, 0.5) is 10.1 Å². The standard InChI is InChI=1S/C17H11ClFNO4.C7H8N2O2/c18-12-3-1-9(5-13(12)19)8-20-14-4-2-10(17(23)24)6-11(14)15(21)7-16(20)22;1-11-6-4-5(7(8)10)2-3-9-6/h1-6H,7-8H2,(H,23,24);2-4H,1H3,(H2,8,10). The highest BCUT2D eigenvalue weighted by Crippen LogP contribution is 2.30. The second-order valence-electron chi connectivity index (χ2n) is 7.32. The number of amides is 2. The molecule has 1 aromatic heterocycles. The van der Waals surface area contributed by atoms with Crippen molar-refractivity contribution in [3.63, 3.8) is 0 Å². The molecule has 4 rings (SSSR count). The smallest absolute Gasteiger partial charge is 0.335 e. The number of rotatable bonds is 5. The lowest BCUT2D eigenvalue weighted by Gasteiger charge is -2.29. The van der Waals surface area contributed by atoms with Crippen LogP contribution >= 0.6 is 11.6 Å². The van der Waals surface area contributed by atoms with Crippen LogP contribution in [0.2, 0.25) is 5.02 Å². The average Bonchev–Trinajstić information content (AvgIpc) is 2.84. The minimum Gasteiger partial charge on any atom is -0.481 e. The number of methoxy groups -OCH3 is 1. The van der Waals surface area contributed by atoms with Crippen LogP contribution in [0.25, 0.3) is 0 Å². The molecule has 0 saturated carbocycles. The van der Waals surface area contributed by atoms with Crippen molar-refractivity contribution in [1.29, 1.82) is 0 Å². The number of halogens is 2. The number of nitrogens with two attached hydrogens (primary N) is 1. The topological polar surface area (TPSA) is 140 Å². The van der Waals surface area contributed by atoms with Crippen molar-refractivity contribution in [3.8, 4) is 5.88 Å². The maximum atomic E-state index is 13.6. The van der Waals surface area contributed by atoms with Crippen LogP contribution in [0, 0.1) is 5.82 Å². The van der Waals surface area contributed by atoms with Crippen LogP contribution in [0.5, 0.6) is 5.88 Å². The van der Waals surface area contributed by atoms with Crippen LogP contribution in [-0.4, -0.2) is 40.8 Å². The first-order chi connectivity index (χ1) is 16.6. The summed E-state index contributed by atoms with van der Waals surface area (Å²) in [5, 5.41) is 9.01. The van der Waals surface area contributed by atoms with Crippen LogP contribution < -0.4 is 15.4 Å². The van der Waals surface area contributed by atoms with Gasteiger partial charge in [0.15, 0.2) is 5.78 Å². The Hall–Kier alpha value is -4.31. The third-order valence-corrected chi connectivity index (χ3v) is 5.31. The molecule has 0 radical (unpaired) electrons. The summed E-state index contributed by atoms with van der Waals surface area (Å²) in [6.45, 7) is 0.0552. The van der Waals surface area contributed by atoms with E-state index >= 15 is 0 Å². The van der Waals surface area contributed by atoms with Gasteiger partial charge in [0.05, 0.1) is 36.3 Å². The Morgan fingerprint density at radius 1 is 1.14 bits per heavy atom. The fraction of sp³-hybridized carbons (Fsp3) is 0.125. The highest BCUT2D eigenvalue weighted by Gasteiger charge is 2.30. The highest BCUT2D eigenvalue weighted by atomic mass is 35.5. The third kappa shape index (κ3) is 5.98. The summed E-state index contributed by atoms with van der Waals surface area (Å²) in [4.78, 5) is 51.1. The quantitative estimate of drug-likeness (QED) is 0.512. The van der Waals surface area contributed by atoms with Gasteiger partial charge in [-0.3, -0.25) is 14.4 Å². The fourth-order valence-electron chi connectivity index (χ4n) is 3.26. The average molecular weight is 500 g/mol. The second-order valence-corrected chi connectivity index (χ2v) is 7.72. The number of Topliss-reactive ketones (excluding diaryl/α,β-unsaturated/α-hetero) is 1. The lowest BCUT2D eigenvalue weighted by molar-refractivity contribution is -0.118. The predicted octanol–water partition coefficient (Wildman–Crippen LogP) is 3.49. The molecule has 0 aliphatic carbocycles. The zero-order valence-corrected chi connectivity index (χ0v) is 19.1. The van der Waals surface area contributed by atoms with Gasteiger partial charge in [-0.2, -0.15) is 0 Å². The third-order valence-electron chi connectivity index (χ3n) is 5.00. The molecule has 1 aliphatic rings. The van der Waals surface area contributed by atoms with E-state index < -0.39 is 29.4 Å². The first-order valence-corrected chi connectivity index (χ1v) is 10.4. The van der Waals surface area contributed by atoms with E-state index in [1.165, 1.54) is 60.7 Å². The summed E-state index contributed by atoms with van der Waals surface area (Å²) in [7, 11) is 1.48. The first kappa shape index (κ1) is 25.3. The number of aromatic carboxylic acids is 1. The Balaban J connectivity index is 0.000000261. The van der Waals surface area contributed by atoms with Crippen molar-refractivity contribution < 1.29 is 33.4 Å². The minimum absolute atomic E-state index is 0.0228. The molecule has 0 unspecified atom stereocenters. The van der Waals surface area contributed by atoms with Crippen molar-refractivity contribution in [2.45, 2.75) is 13.0 Å². The van der Waals surface area contributed by atoms with Crippen LogP contribution in [0.3, 0.4) is 0 Å². The number of primary amides is 1. The SMILES string of the molecule is COc1cc(C(N)=O)ccn1.O=C(O)c1ccc2c(c1)C(=O)CC(=O)N2Cc1ccc(Cl)c(F)c1. The summed E-state index contributed by atoms with van der Waals surface area (Å²) >= 11 is 5.64. The Morgan fingerprint density at radius 3 is 2.51 bits per heavy atom. The number of ether oxygens (including phenoxy) is 1. The minimum atomic E-state index is -1.16.